The molecular formula is C49H67NO10. The molecule has 3 fully saturated rings. The molecule has 5 aliphatic carbocycles. The molecule has 9 unspecified atom stereocenters. The number of allylic oxidation sites excluding steroid dienone is 5. The van der Waals surface area contributed by atoms with Crippen molar-refractivity contribution in [1.29, 1.82) is 0 Å². The molecule has 0 aliphatic heterocycles. The molecule has 0 radical (unpaired) electrons. The average molecular weight is 830 g/mol. The molecule has 0 heterocycles. The summed E-state index contributed by atoms with van der Waals surface area (Å²) in [6.07, 6.45) is 18.6. The highest BCUT2D eigenvalue weighted by molar-refractivity contribution is 5.92. The lowest BCUT2D eigenvalue weighted by Crippen LogP contribution is -2.51. The fourth-order valence-electron chi connectivity index (χ4n) is 10.3. The molecule has 11 heteroatoms. The van der Waals surface area contributed by atoms with Gasteiger partial charge in [0.1, 0.15) is 12.7 Å². The molecule has 0 bridgehead atoms. The van der Waals surface area contributed by atoms with Gasteiger partial charge in [-0.15, -0.1) is 0 Å². The number of nitrogens with one attached hydrogen (secondary N) is 1. The Hall–Kier alpha value is -4.19. The molecule has 0 aromatic heterocycles. The summed E-state index contributed by atoms with van der Waals surface area (Å²) in [5.41, 5.74) is 2.39. The maximum absolute atomic E-state index is 13.2. The van der Waals surface area contributed by atoms with Crippen LogP contribution < -0.4 is 5.32 Å². The van der Waals surface area contributed by atoms with Gasteiger partial charge in [0.05, 0.1) is 36.6 Å². The smallest absolute Gasteiger partial charge is 0.306 e. The van der Waals surface area contributed by atoms with Gasteiger partial charge in [-0.25, -0.2) is 0 Å². The number of aliphatic hydroxyl groups is 3. The average Bonchev–Trinajstić information content (AvgIpc) is 3.76. The van der Waals surface area contributed by atoms with Crippen LogP contribution in [-0.4, -0.2) is 81.8 Å². The molecule has 60 heavy (non-hydrogen) atoms. The summed E-state index contributed by atoms with van der Waals surface area (Å²) in [5, 5.41) is 33.6. The summed E-state index contributed by atoms with van der Waals surface area (Å²) in [6, 6.07) is 9.88. The van der Waals surface area contributed by atoms with E-state index in [1.807, 2.05) is 43.3 Å². The summed E-state index contributed by atoms with van der Waals surface area (Å²) in [4.78, 5) is 61.1. The summed E-state index contributed by atoms with van der Waals surface area (Å²) >= 11 is 0. The van der Waals surface area contributed by atoms with E-state index in [2.05, 4.69) is 37.0 Å². The van der Waals surface area contributed by atoms with Crippen molar-refractivity contribution in [3.8, 4) is 0 Å². The predicted octanol–water partition coefficient (Wildman–Crippen LogP) is 6.77. The minimum absolute atomic E-state index is 0.0207. The highest BCUT2D eigenvalue weighted by atomic mass is 16.5. The molecule has 328 valence electrons. The number of esters is 2. The van der Waals surface area contributed by atoms with Gasteiger partial charge in [-0.2, -0.15) is 0 Å². The minimum Gasteiger partial charge on any atom is -0.458 e. The van der Waals surface area contributed by atoms with E-state index >= 15 is 0 Å². The highest BCUT2D eigenvalue weighted by Crippen LogP contribution is 2.61. The first-order chi connectivity index (χ1) is 28.8. The van der Waals surface area contributed by atoms with Gasteiger partial charge in [-0.05, 0) is 120 Å². The molecule has 0 spiro atoms. The lowest BCUT2D eigenvalue weighted by atomic mass is 9.53. The summed E-state index contributed by atoms with van der Waals surface area (Å²) in [5.74, 6) is -1.34. The van der Waals surface area contributed by atoms with Crippen LogP contribution in [0.1, 0.15) is 122 Å². The highest BCUT2D eigenvalue weighted by Gasteiger charge is 2.59. The number of carbonyl (C=O) groups excluding carboxylic acids is 5. The topological polar surface area (TPSA) is 177 Å². The van der Waals surface area contributed by atoms with Crippen molar-refractivity contribution in [3.63, 3.8) is 0 Å². The number of amides is 1. The lowest BCUT2D eigenvalue weighted by Gasteiger charge is -2.52. The van der Waals surface area contributed by atoms with Crippen LogP contribution in [0.25, 0.3) is 0 Å². The van der Waals surface area contributed by atoms with Gasteiger partial charge < -0.3 is 30.1 Å². The largest absolute Gasteiger partial charge is 0.458 e. The van der Waals surface area contributed by atoms with E-state index in [0.717, 1.165) is 56.9 Å². The van der Waals surface area contributed by atoms with E-state index in [4.69, 9.17) is 9.47 Å². The molecule has 1 amide bonds. The minimum atomic E-state index is -1.15. The molecule has 6 rings (SSSR count). The zero-order chi connectivity index (χ0) is 43.3. The van der Waals surface area contributed by atoms with E-state index in [9.17, 15) is 39.3 Å². The first-order valence-electron chi connectivity index (χ1n) is 22.3. The van der Waals surface area contributed by atoms with Crippen LogP contribution in [-0.2, 0) is 39.9 Å². The number of rotatable bonds is 18. The number of benzene rings is 1. The number of hydrogen-bond donors (Lipinski definition) is 4. The van der Waals surface area contributed by atoms with Crippen LogP contribution in [0, 0.1) is 29.1 Å². The van der Waals surface area contributed by atoms with Crippen LogP contribution in [0.2, 0.25) is 0 Å². The van der Waals surface area contributed by atoms with E-state index in [0.29, 0.717) is 51.5 Å². The molecule has 11 nitrogen and oxygen atoms in total. The van der Waals surface area contributed by atoms with Crippen molar-refractivity contribution in [2.45, 2.75) is 147 Å². The van der Waals surface area contributed by atoms with Crippen LogP contribution in [0.5, 0.6) is 0 Å². The number of aryl methyl sites for hydroxylation is 1. The molecule has 1 aromatic rings. The zero-order valence-electron chi connectivity index (χ0n) is 35.7. The van der Waals surface area contributed by atoms with Crippen molar-refractivity contribution in [3.05, 3.63) is 84.0 Å². The second-order valence-corrected chi connectivity index (χ2v) is 17.6. The van der Waals surface area contributed by atoms with Gasteiger partial charge in [0.2, 0.25) is 5.91 Å². The maximum Gasteiger partial charge on any atom is 0.306 e. The second kappa shape index (κ2) is 22.1. The Bertz CT molecular complexity index is 1770. The first kappa shape index (κ1) is 46.9. The van der Waals surface area contributed by atoms with E-state index in [1.165, 1.54) is 11.1 Å². The summed E-state index contributed by atoms with van der Waals surface area (Å²) in [7, 11) is 0. The maximum atomic E-state index is 13.2. The Kier molecular flexibility index (Phi) is 17.2. The van der Waals surface area contributed by atoms with Crippen LogP contribution in [0.3, 0.4) is 0 Å². The predicted molar refractivity (Wildman–Crippen MR) is 228 cm³/mol. The van der Waals surface area contributed by atoms with Crippen LogP contribution in [0.4, 0.5) is 0 Å². The fraction of sp³-hybridized carbons (Fsp3) is 0.612. The standard InChI is InChI=1S/C35H42O7.C14H25NO3/c1-3-26(11-9-23-7-5-4-6-8-23)42-33(39)16-15-32(38)41-22-31(37)30-14-13-29-27-12-10-24-21-25(36)17-19-34(24,2)28(27)18-20-35(29,30)40;1-2-15-14(18)8-6-4-3-5-7-11-9-12(16)10-13(11)17/h3-8,18,21,26-27,29-30,40H,1,9-17,19-20,22H2,2H3;3,5,11-13,16-17H,2,4,6-10H2,1H3,(H,15,18)/b;5-3-. The van der Waals surface area contributed by atoms with Gasteiger partial charge in [-0.1, -0.05) is 79.3 Å². The van der Waals surface area contributed by atoms with Crippen molar-refractivity contribution in [2.24, 2.45) is 29.1 Å². The Morgan fingerprint density at radius 1 is 1.00 bits per heavy atom. The fourth-order valence-corrected chi connectivity index (χ4v) is 10.3. The molecular weight excluding hydrogens is 763 g/mol. The van der Waals surface area contributed by atoms with Crippen molar-refractivity contribution < 1.29 is 48.8 Å². The van der Waals surface area contributed by atoms with Crippen molar-refractivity contribution in [1.82, 2.24) is 5.32 Å². The summed E-state index contributed by atoms with van der Waals surface area (Å²) < 4.78 is 10.7. The number of unbranched alkanes of at least 4 members (excludes halogenated alkanes) is 1. The Balaban J connectivity index is 0.000000318. The monoisotopic (exact) mass is 829 g/mol. The quantitative estimate of drug-likeness (QED) is 0.0702. The van der Waals surface area contributed by atoms with Gasteiger partial charge in [0.15, 0.2) is 11.6 Å². The van der Waals surface area contributed by atoms with Gasteiger partial charge in [0, 0.05) is 24.8 Å². The third kappa shape index (κ3) is 12.2. The number of ketones is 2. The molecule has 3 saturated carbocycles. The SMILES string of the molecule is C=CC(CCc1ccccc1)OC(=O)CCC(=O)OCC(=O)C1CCC2C3CCC4=CC(=O)CCC4(C)C3=CCC12O.CCNC(=O)CCC/C=C\CC1CC(O)CC1O. The van der Waals surface area contributed by atoms with E-state index in [1.54, 1.807) is 6.08 Å². The molecule has 5 aliphatic rings. The van der Waals surface area contributed by atoms with E-state index in [-0.39, 0.29) is 65.7 Å². The molecule has 0 saturated heterocycles. The Labute approximate surface area is 355 Å². The van der Waals surface area contributed by atoms with Crippen LogP contribution in [0.15, 0.2) is 78.4 Å². The van der Waals surface area contributed by atoms with Crippen molar-refractivity contribution in [2.75, 3.05) is 13.2 Å². The van der Waals surface area contributed by atoms with Gasteiger partial charge >= 0.3 is 11.9 Å². The lowest BCUT2D eigenvalue weighted by molar-refractivity contribution is -0.155. The molecule has 9 atom stereocenters. The van der Waals surface area contributed by atoms with E-state index < -0.39 is 36.2 Å². The molecule has 1 aromatic carbocycles. The number of fused-ring (bicyclic) bond motifs is 5. The molecule has 4 N–H and O–H groups in total. The number of Topliss-reactive ketones (excluding diaryl/α,β-unsaturated/α-hetero) is 1. The third-order valence-electron chi connectivity index (χ3n) is 13.6. The van der Waals surface area contributed by atoms with Gasteiger partial charge in [0.25, 0.3) is 0 Å². The normalized spacial score (nSPS) is 29.7. The number of ether oxygens (including phenoxy) is 2. The number of hydrogen-bond acceptors (Lipinski definition) is 10. The summed E-state index contributed by atoms with van der Waals surface area (Å²) in [6.45, 7) is 8.17. The van der Waals surface area contributed by atoms with Crippen molar-refractivity contribution >= 4 is 29.4 Å². The second-order valence-electron chi connectivity index (χ2n) is 17.6. The third-order valence-corrected chi connectivity index (χ3v) is 13.6. The zero-order valence-corrected chi connectivity index (χ0v) is 35.7. The number of carbonyl (C=O) groups is 5. The van der Waals surface area contributed by atoms with Crippen LogP contribution >= 0.6 is 0 Å². The first-order valence-corrected chi connectivity index (χ1v) is 22.3. The van der Waals surface area contributed by atoms with Gasteiger partial charge in [-0.3, -0.25) is 24.0 Å². The number of aliphatic hydroxyl groups excluding tert-OH is 2. The Morgan fingerprint density at radius 2 is 1.77 bits per heavy atom. The Morgan fingerprint density at radius 3 is 2.48 bits per heavy atom.